The molecule has 0 aliphatic heterocycles. The average Bonchev–Trinajstić information content (AvgIpc) is 3.79. The van der Waals surface area contributed by atoms with Gasteiger partial charge in [-0.05, 0) is 96.1 Å². The van der Waals surface area contributed by atoms with Crippen molar-refractivity contribution in [2.24, 2.45) is 0 Å². The van der Waals surface area contributed by atoms with E-state index in [4.69, 9.17) is 15.0 Å². The van der Waals surface area contributed by atoms with Gasteiger partial charge in [0.1, 0.15) is 0 Å². The van der Waals surface area contributed by atoms with E-state index < -0.39 is 0 Å². The van der Waals surface area contributed by atoms with Crippen molar-refractivity contribution in [3.8, 4) is 56.4 Å². The maximum absolute atomic E-state index is 5.06. The van der Waals surface area contributed by atoms with Gasteiger partial charge < -0.3 is 9.13 Å². The highest BCUT2D eigenvalue weighted by Gasteiger charge is 2.17. The van der Waals surface area contributed by atoms with Gasteiger partial charge in [-0.3, -0.25) is 4.98 Å². The minimum absolute atomic E-state index is 0.697. The fourth-order valence-corrected chi connectivity index (χ4v) is 8.15. The van der Waals surface area contributed by atoms with Gasteiger partial charge >= 0.3 is 0 Å². The third-order valence-electron chi connectivity index (χ3n) is 10.8. The summed E-state index contributed by atoms with van der Waals surface area (Å²) >= 11 is 0. The second kappa shape index (κ2) is 13.0. The predicted molar refractivity (Wildman–Crippen MR) is 230 cm³/mol. The van der Waals surface area contributed by atoms with E-state index in [2.05, 4.69) is 161 Å². The van der Waals surface area contributed by atoms with Crippen molar-refractivity contribution in [1.29, 1.82) is 0 Å². The molecule has 262 valence electrons. The molecule has 11 rings (SSSR count). The second-order valence-electron chi connectivity index (χ2n) is 14.1. The first-order valence-electron chi connectivity index (χ1n) is 18.9. The number of hydrogen-bond acceptors (Lipinski definition) is 3. The largest absolute Gasteiger partial charge is 0.309 e. The Hall–Kier alpha value is -7.63. The van der Waals surface area contributed by atoms with Gasteiger partial charge in [-0.1, -0.05) is 109 Å². The van der Waals surface area contributed by atoms with Gasteiger partial charge in [-0.15, -0.1) is 0 Å². The molecule has 0 unspecified atom stereocenters. The first-order valence-corrected chi connectivity index (χ1v) is 18.9. The summed E-state index contributed by atoms with van der Waals surface area (Å²) in [6.45, 7) is 0. The Balaban J connectivity index is 1.02. The standard InChI is InChI=1S/C51H33N5/c1-4-13-34(14-5-1)44-33-45(35-15-6-2-7-16-35)54-51(53-44)36-22-26-40(27-23-36)55-46-20-11-10-19-41(46)43-31-37(25-29-47(43)55)38-24-28-42-49(32-38)56(39-17-8-3-9-18-39)48-21-12-30-52-50(42)48/h1-33H. The lowest BCUT2D eigenvalue weighted by Crippen LogP contribution is -1.97. The molecule has 0 atom stereocenters. The molecule has 0 N–H and O–H groups in total. The summed E-state index contributed by atoms with van der Waals surface area (Å²) in [7, 11) is 0. The highest BCUT2D eigenvalue weighted by molar-refractivity contribution is 6.11. The van der Waals surface area contributed by atoms with E-state index >= 15 is 0 Å². The van der Waals surface area contributed by atoms with Crippen molar-refractivity contribution in [2.75, 3.05) is 0 Å². The predicted octanol–water partition coefficient (Wildman–Crippen LogP) is 12.7. The van der Waals surface area contributed by atoms with Gasteiger partial charge in [0.05, 0.1) is 39.0 Å². The van der Waals surface area contributed by atoms with E-state index in [9.17, 15) is 0 Å². The number of rotatable bonds is 6. The van der Waals surface area contributed by atoms with E-state index in [1.165, 1.54) is 16.3 Å². The highest BCUT2D eigenvalue weighted by atomic mass is 15.0. The minimum atomic E-state index is 0.697. The number of benzene rings is 7. The van der Waals surface area contributed by atoms with Crippen LogP contribution in [0.15, 0.2) is 200 Å². The number of nitrogens with zero attached hydrogens (tertiary/aromatic N) is 5. The van der Waals surface area contributed by atoms with Gasteiger partial charge in [0.2, 0.25) is 0 Å². The van der Waals surface area contributed by atoms with Crippen LogP contribution in [0.4, 0.5) is 0 Å². The van der Waals surface area contributed by atoms with Crippen LogP contribution in [-0.2, 0) is 0 Å². The summed E-state index contributed by atoms with van der Waals surface area (Å²) in [6, 6.07) is 68.3. The highest BCUT2D eigenvalue weighted by Crippen LogP contribution is 2.38. The molecule has 0 radical (unpaired) electrons. The Morgan fingerprint density at radius 3 is 1.61 bits per heavy atom. The van der Waals surface area contributed by atoms with Crippen LogP contribution in [0.2, 0.25) is 0 Å². The summed E-state index contributed by atoms with van der Waals surface area (Å²) in [5.74, 6) is 0.697. The van der Waals surface area contributed by atoms with Gasteiger partial charge in [0, 0.05) is 50.4 Å². The molecule has 5 nitrogen and oxygen atoms in total. The summed E-state index contributed by atoms with van der Waals surface area (Å²) < 4.78 is 4.68. The van der Waals surface area contributed by atoms with E-state index in [0.29, 0.717) is 5.82 Å². The van der Waals surface area contributed by atoms with Crippen molar-refractivity contribution >= 4 is 43.7 Å². The van der Waals surface area contributed by atoms with Crippen molar-refractivity contribution in [1.82, 2.24) is 24.1 Å². The third kappa shape index (κ3) is 5.29. The topological polar surface area (TPSA) is 48.5 Å². The molecule has 0 spiro atoms. The lowest BCUT2D eigenvalue weighted by atomic mass is 10.0. The van der Waals surface area contributed by atoms with Crippen LogP contribution >= 0.6 is 0 Å². The summed E-state index contributed by atoms with van der Waals surface area (Å²) in [6.07, 6.45) is 1.88. The van der Waals surface area contributed by atoms with Gasteiger partial charge in [-0.25, -0.2) is 9.97 Å². The number of fused-ring (bicyclic) bond motifs is 6. The van der Waals surface area contributed by atoms with E-state index in [-0.39, 0.29) is 0 Å². The Kier molecular flexibility index (Phi) is 7.42. The molecule has 0 bridgehead atoms. The Morgan fingerprint density at radius 2 is 0.875 bits per heavy atom. The normalized spacial score (nSPS) is 11.6. The monoisotopic (exact) mass is 715 g/mol. The van der Waals surface area contributed by atoms with Crippen molar-refractivity contribution < 1.29 is 0 Å². The molecule has 0 aliphatic rings. The summed E-state index contributed by atoms with van der Waals surface area (Å²) in [5, 5.41) is 3.56. The molecule has 0 amide bonds. The summed E-state index contributed by atoms with van der Waals surface area (Å²) in [5.41, 5.74) is 15.0. The maximum atomic E-state index is 5.06. The molecule has 0 aliphatic carbocycles. The Bertz CT molecular complexity index is 3160. The Morgan fingerprint density at radius 1 is 0.321 bits per heavy atom. The smallest absolute Gasteiger partial charge is 0.160 e. The first kappa shape index (κ1) is 31.9. The second-order valence-corrected chi connectivity index (χ2v) is 14.1. The van der Waals surface area contributed by atoms with Crippen LogP contribution in [0.5, 0.6) is 0 Å². The first-order chi connectivity index (χ1) is 27.8. The maximum Gasteiger partial charge on any atom is 0.160 e. The van der Waals surface area contributed by atoms with Crippen LogP contribution in [0.1, 0.15) is 0 Å². The number of hydrogen-bond donors (Lipinski definition) is 0. The van der Waals surface area contributed by atoms with Crippen molar-refractivity contribution in [2.45, 2.75) is 0 Å². The molecule has 4 heterocycles. The average molecular weight is 716 g/mol. The fourth-order valence-electron chi connectivity index (χ4n) is 8.15. The molecular weight excluding hydrogens is 683 g/mol. The molecule has 0 saturated carbocycles. The van der Waals surface area contributed by atoms with Gasteiger partial charge in [0.25, 0.3) is 0 Å². The SMILES string of the molecule is c1ccc(-c2cc(-c3ccccc3)nc(-c3ccc(-n4c5ccccc5c5cc(-c6ccc7c8ncccc8n(-c8ccccc8)c7c6)ccc54)cc3)n2)cc1. The molecule has 11 aromatic rings. The molecule has 5 heteroatoms. The number of aromatic nitrogens is 5. The van der Waals surface area contributed by atoms with E-state index in [1.807, 2.05) is 48.7 Å². The molecule has 0 fully saturated rings. The molecule has 0 saturated heterocycles. The molecular formula is C51H33N5. The van der Waals surface area contributed by atoms with Crippen LogP contribution in [0, 0.1) is 0 Å². The number of pyridine rings is 1. The quantitative estimate of drug-likeness (QED) is 0.172. The van der Waals surface area contributed by atoms with E-state index in [0.717, 1.165) is 78.0 Å². The van der Waals surface area contributed by atoms with Gasteiger partial charge in [-0.2, -0.15) is 0 Å². The van der Waals surface area contributed by atoms with Crippen molar-refractivity contribution in [3.63, 3.8) is 0 Å². The number of para-hydroxylation sites is 2. The van der Waals surface area contributed by atoms with Gasteiger partial charge in [0.15, 0.2) is 5.82 Å². The lowest BCUT2D eigenvalue weighted by Gasteiger charge is -2.11. The van der Waals surface area contributed by atoms with Crippen LogP contribution in [-0.4, -0.2) is 24.1 Å². The Labute approximate surface area is 323 Å². The van der Waals surface area contributed by atoms with Crippen LogP contribution in [0.25, 0.3) is 100 Å². The third-order valence-corrected chi connectivity index (χ3v) is 10.8. The van der Waals surface area contributed by atoms with Crippen LogP contribution < -0.4 is 0 Å². The molecule has 4 aromatic heterocycles. The molecule has 56 heavy (non-hydrogen) atoms. The lowest BCUT2D eigenvalue weighted by molar-refractivity contribution is 1.16. The van der Waals surface area contributed by atoms with E-state index in [1.54, 1.807) is 0 Å². The zero-order valence-corrected chi connectivity index (χ0v) is 30.3. The zero-order valence-electron chi connectivity index (χ0n) is 30.3. The van der Waals surface area contributed by atoms with Crippen LogP contribution in [0.3, 0.4) is 0 Å². The summed E-state index contributed by atoms with van der Waals surface area (Å²) in [4.78, 5) is 14.9. The molecule has 7 aromatic carbocycles. The van der Waals surface area contributed by atoms with Crippen molar-refractivity contribution in [3.05, 3.63) is 200 Å². The minimum Gasteiger partial charge on any atom is -0.309 e. The fraction of sp³-hybridized carbons (Fsp3) is 0. The zero-order chi connectivity index (χ0) is 37.0.